The van der Waals surface area contributed by atoms with Gasteiger partial charge in [0, 0.05) is 19.2 Å². The predicted molar refractivity (Wildman–Crippen MR) is 78.0 cm³/mol. The molecule has 0 aliphatic carbocycles. The van der Waals surface area contributed by atoms with Gasteiger partial charge in [0.2, 0.25) is 5.91 Å². The third-order valence-corrected chi connectivity index (χ3v) is 3.68. The van der Waals surface area contributed by atoms with Gasteiger partial charge in [0.1, 0.15) is 5.69 Å². The second-order valence-electron chi connectivity index (χ2n) is 5.60. The Hall–Kier alpha value is -1.99. The van der Waals surface area contributed by atoms with Crippen molar-refractivity contribution < 1.29 is 14.8 Å². The van der Waals surface area contributed by atoms with E-state index in [-0.39, 0.29) is 23.8 Å². The number of aliphatic hydroxyl groups is 1. The van der Waals surface area contributed by atoms with Crippen LogP contribution in [0.15, 0.2) is 24.3 Å². The number of nitro groups is 1. The van der Waals surface area contributed by atoms with E-state index < -0.39 is 10.5 Å². The molecular weight excluding hydrogens is 274 g/mol. The maximum absolute atomic E-state index is 12.0. The average molecular weight is 293 g/mol. The molecule has 0 radical (unpaired) electrons. The standard InChI is InChI=1S/C14H19N3O4/c1-14(19)6-8-16(9-7-14)10-13(18)15-11-4-2-3-5-12(11)17(20)21/h2-5,19H,6-10H2,1H3,(H,15,18). The minimum Gasteiger partial charge on any atom is -0.390 e. The van der Waals surface area contributed by atoms with Crippen molar-refractivity contribution in [1.82, 2.24) is 4.90 Å². The van der Waals surface area contributed by atoms with Crippen molar-refractivity contribution in [2.24, 2.45) is 0 Å². The number of amides is 1. The van der Waals surface area contributed by atoms with Crippen LogP contribution in [-0.4, -0.2) is 46.1 Å². The zero-order valence-electron chi connectivity index (χ0n) is 11.9. The molecule has 2 rings (SSSR count). The summed E-state index contributed by atoms with van der Waals surface area (Å²) in [5.74, 6) is -0.286. The number of benzene rings is 1. The number of carbonyl (C=O) groups is 1. The van der Waals surface area contributed by atoms with E-state index >= 15 is 0 Å². The molecular formula is C14H19N3O4. The van der Waals surface area contributed by atoms with Crippen LogP contribution in [-0.2, 0) is 4.79 Å². The Labute approximate surface area is 122 Å². The van der Waals surface area contributed by atoms with Gasteiger partial charge in [-0.25, -0.2) is 0 Å². The SMILES string of the molecule is CC1(O)CCN(CC(=O)Nc2ccccc2[N+](=O)[O-])CC1. The second kappa shape index (κ2) is 6.19. The van der Waals surface area contributed by atoms with E-state index in [4.69, 9.17) is 0 Å². The van der Waals surface area contributed by atoms with Crippen molar-refractivity contribution in [1.29, 1.82) is 0 Å². The van der Waals surface area contributed by atoms with Crippen LogP contribution in [0.25, 0.3) is 0 Å². The van der Waals surface area contributed by atoms with Crippen LogP contribution in [0.3, 0.4) is 0 Å². The summed E-state index contributed by atoms with van der Waals surface area (Å²) in [6, 6.07) is 6.06. The van der Waals surface area contributed by atoms with Gasteiger partial charge in [0.05, 0.1) is 17.1 Å². The second-order valence-corrected chi connectivity index (χ2v) is 5.60. The molecule has 1 aliphatic heterocycles. The van der Waals surface area contributed by atoms with Gasteiger partial charge < -0.3 is 10.4 Å². The predicted octanol–water partition coefficient (Wildman–Crippen LogP) is 1.38. The summed E-state index contributed by atoms with van der Waals surface area (Å²) in [5, 5.41) is 23.3. The fourth-order valence-electron chi connectivity index (χ4n) is 2.32. The average Bonchev–Trinajstić information content (AvgIpc) is 2.41. The smallest absolute Gasteiger partial charge is 0.292 e. The number of hydrogen-bond acceptors (Lipinski definition) is 5. The first-order valence-electron chi connectivity index (χ1n) is 6.85. The van der Waals surface area contributed by atoms with E-state index in [1.165, 1.54) is 12.1 Å². The number of piperidine rings is 1. The Balaban J connectivity index is 1.92. The first-order valence-corrected chi connectivity index (χ1v) is 6.85. The number of para-hydroxylation sites is 2. The fraction of sp³-hybridized carbons (Fsp3) is 0.500. The Morgan fingerprint density at radius 2 is 2.05 bits per heavy atom. The van der Waals surface area contributed by atoms with E-state index in [0.29, 0.717) is 25.9 Å². The molecule has 1 saturated heterocycles. The number of anilines is 1. The molecule has 0 saturated carbocycles. The molecule has 1 amide bonds. The highest BCUT2D eigenvalue weighted by Crippen LogP contribution is 2.24. The summed E-state index contributed by atoms with van der Waals surface area (Å²) in [4.78, 5) is 24.3. The summed E-state index contributed by atoms with van der Waals surface area (Å²) < 4.78 is 0. The molecule has 0 aromatic heterocycles. The van der Waals surface area contributed by atoms with E-state index in [9.17, 15) is 20.0 Å². The molecule has 1 aromatic carbocycles. The van der Waals surface area contributed by atoms with Crippen LogP contribution < -0.4 is 5.32 Å². The Kier molecular flexibility index (Phi) is 4.54. The molecule has 1 fully saturated rings. The molecule has 0 unspecified atom stereocenters. The molecule has 7 heteroatoms. The molecule has 1 heterocycles. The van der Waals surface area contributed by atoms with E-state index in [2.05, 4.69) is 5.32 Å². The molecule has 1 aliphatic rings. The molecule has 21 heavy (non-hydrogen) atoms. The Bertz CT molecular complexity index is 535. The first kappa shape index (κ1) is 15.4. The lowest BCUT2D eigenvalue weighted by Gasteiger charge is -2.35. The van der Waals surface area contributed by atoms with Gasteiger partial charge in [-0.2, -0.15) is 0 Å². The summed E-state index contributed by atoms with van der Waals surface area (Å²) in [7, 11) is 0. The molecule has 0 bridgehead atoms. The summed E-state index contributed by atoms with van der Waals surface area (Å²) in [6.07, 6.45) is 1.23. The van der Waals surface area contributed by atoms with Crippen molar-refractivity contribution >= 4 is 17.3 Å². The molecule has 2 N–H and O–H groups in total. The lowest BCUT2D eigenvalue weighted by molar-refractivity contribution is -0.383. The number of carbonyl (C=O) groups excluding carboxylic acids is 1. The number of nitro benzene ring substituents is 1. The number of rotatable bonds is 4. The monoisotopic (exact) mass is 293 g/mol. The number of nitrogens with zero attached hydrogens (tertiary/aromatic N) is 2. The van der Waals surface area contributed by atoms with Crippen LogP contribution >= 0.6 is 0 Å². The molecule has 0 atom stereocenters. The highest BCUT2D eigenvalue weighted by molar-refractivity contribution is 5.94. The van der Waals surface area contributed by atoms with Crippen molar-refractivity contribution in [3.63, 3.8) is 0 Å². The largest absolute Gasteiger partial charge is 0.390 e. The van der Waals surface area contributed by atoms with E-state index in [1.54, 1.807) is 19.1 Å². The maximum atomic E-state index is 12.0. The number of likely N-dealkylation sites (tertiary alicyclic amines) is 1. The van der Waals surface area contributed by atoms with Gasteiger partial charge in [-0.05, 0) is 25.8 Å². The minimum atomic E-state index is -0.662. The molecule has 0 spiro atoms. The summed E-state index contributed by atoms with van der Waals surface area (Å²) >= 11 is 0. The van der Waals surface area contributed by atoms with Gasteiger partial charge in [-0.15, -0.1) is 0 Å². The van der Waals surface area contributed by atoms with Crippen molar-refractivity contribution in [3.05, 3.63) is 34.4 Å². The molecule has 7 nitrogen and oxygen atoms in total. The summed E-state index contributed by atoms with van der Waals surface area (Å²) in [5.41, 5.74) is -0.575. The summed E-state index contributed by atoms with van der Waals surface area (Å²) in [6.45, 7) is 3.23. The van der Waals surface area contributed by atoms with E-state index in [1.807, 2.05) is 4.90 Å². The fourth-order valence-corrected chi connectivity index (χ4v) is 2.32. The van der Waals surface area contributed by atoms with Crippen LogP contribution in [0.1, 0.15) is 19.8 Å². The molecule has 114 valence electrons. The molecule has 1 aromatic rings. The van der Waals surface area contributed by atoms with Crippen molar-refractivity contribution in [2.45, 2.75) is 25.4 Å². The van der Waals surface area contributed by atoms with Crippen LogP contribution in [0.2, 0.25) is 0 Å². The normalized spacial score (nSPS) is 18.2. The lowest BCUT2D eigenvalue weighted by atomic mass is 9.94. The van der Waals surface area contributed by atoms with E-state index in [0.717, 1.165) is 0 Å². The Morgan fingerprint density at radius 3 is 2.67 bits per heavy atom. The first-order chi connectivity index (χ1) is 9.87. The zero-order valence-corrected chi connectivity index (χ0v) is 11.9. The Morgan fingerprint density at radius 1 is 1.43 bits per heavy atom. The van der Waals surface area contributed by atoms with Gasteiger partial charge in [-0.1, -0.05) is 12.1 Å². The van der Waals surface area contributed by atoms with Gasteiger partial charge in [0.15, 0.2) is 0 Å². The van der Waals surface area contributed by atoms with Gasteiger partial charge in [0.25, 0.3) is 5.69 Å². The highest BCUT2D eigenvalue weighted by Gasteiger charge is 2.28. The number of hydrogen-bond donors (Lipinski definition) is 2. The maximum Gasteiger partial charge on any atom is 0.292 e. The van der Waals surface area contributed by atoms with Gasteiger partial charge >= 0.3 is 0 Å². The van der Waals surface area contributed by atoms with Crippen LogP contribution in [0.5, 0.6) is 0 Å². The minimum absolute atomic E-state index is 0.118. The van der Waals surface area contributed by atoms with Crippen LogP contribution in [0.4, 0.5) is 11.4 Å². The zero-order chi connectivity index (χ0) is 15.5. The van der Waals surface area contributed by atoms with Gasteiger partial charge in [-0.3, -0.25) is 19.8 Å². The van der Waals surface area contributed by atoms with Crippen molar-refractivity contribution in [2.75, 3.05) is 25.0 Å². The topological polar surface area (TPSA) is 95.7 Å². The van der Waals surface area contributed by atoms with Crippen LogP contribution in [0, 0.1) is 10.1 Å². The third kappa shape index (κ3) is 4.24. The highest BCUT2D eigenvalue weighted by atomic mass is 16.6. The quantitative estimate of drug-likeness (QED) is 0.646. The van der Waals surface area contributed by atoms with Crippen molar-refractivity contribution in [3.8, 4) is 0 Å². The third-order valence-electron chi connectivity index (χ3n) is 3.68. The number of nitrogens with one attached hydrogen (secondary N) is 1. The lowest BCUT2D eigenvalue weighted by Crippen LogP contribution is -2.45.